The first-order valence-corrected chi connectivity index (χ1v) is 9.25. The maximum Gasteiger partial charge on any atom is 0.252 e. The van der Waals surface area contributed by atoms with Crippen LogP contribution in [0.1, 0.15) is 16.7 Å². The lowest BCUT2D eigenvalue weighted by Gasteiger charge is -2.14. The third-order valence-corrected chi connectivity index (χ3v) is 4.55. The van der Waals surface area contributed by atoms with E-state index >= 15 is 0 Å². The van der Waals surface area contributed by atoms with Crippen LogP contribution in [0, 0.1) is 13.8 Å². The molecule has 0 aliphatic carbocycles. The molecule has 0 spiro atoms. The third-order valence-electron chi connectivity index (χ3n) is 4.55. The highest BCUT2D eigenvalue weighted by atomic mass is 16.5. The van der Waals surface area contributed by atoms with Crippen LogP contribution in [0.3, 0.4) is 0 Å². The number of aromatic amines is 1. The van der Waals surface area contributed by atoms with E-state index in [2.05, 4.69) is 22.4 Å². The number of pyridine rings is 1. The Balaban J connectivity index is 1.55. The van der Waals surface area contributed by atoms with Gasteiger partial charge in [-0.3, -0.25) is 4.79 Å². The first-order chi connectivity index (χ1) is 13.5. The van der Waals surface area contributed by atoms with Crippen LogP contribution in [0.25, 0.3) is 10.9 Å². The molecule has 0 fully saturated rings. The van der Waals surface area contributed by atoms with E-state index in [1.807, 2.05) is 32.0 Å². The van der Waals surface area contributed by atoms with E-state index in [-0.39, 0.29) is 12.2 Å². The summed E-state index contributed by atoms with van der Waals surface area (Å²) in [6, 6.07) is 13.2. The highest BCUT2D eigenvalue weighted by Crippen LogP contribution is 2.19. The van der Waals surface area contributed by atoms with Crippen molar-refractivity contribution in [2.45, 2.75) is 26.5 Å². The Morgan fingerprint density at radius 1 is 1.14 bits per heavy atom. The molecule has 3 rings (SSSR count). The van der Waals surface area contributed by atoms with Gasteiger partial charge in [-0.05, 0) is 49.1 Å². The van der Waals surface area contributed by atoms with E-state index in [1.54, 1.807) is 19.2 Å². The molecule has 1 unspecified atom stereocenters. The number of hydrogen-bond acceptors (Lipinski definition) is 5. The lowest BCUT2D eigenvalue weighted by Crippen LogP contribution is -2.32. The molecule has 0 radical (unpaired) electrons. The smallest absolute Gasteiger partial charge is 0.252 e. The van der Waals surface area contributed by atoms with Crippen molar-refractivity contribution in [3.63, 3.8) is 0 Å². The number of aliphatic hydroxyl groups is 1. The number of methoxy groups -OCH3 is 1. The summed E-state index contributed by atoms with van der Waals surface area (Å²) < 4.78 is 10.7. The second-order valence-electron chi connectivity index (χ2n) is 6.94. The van der Waals surface area contributed by atoms with Crippen molar-refractivity contribution >= 4 is 10.9 Å². The van der Waals surface area contributed by atoms with Crippen molar-refractivity contribution in [3.05, 3.63) is 69.5 Å². The second kappa shape index (κ2) is 8.91. The number of H-pyrrole nitrogens is 1. The molecule has 6 nitrogen and oxygen atoms in total. The molecule has 2 aromatic carbocycles. The van der Waals surface area contributed by atoms with Crippen molar-refractivity contribution in [2.75, 3.05) is 20.3 Å². The number of aryl methyl sites for hydroxylation is 2. The fourth-order valence-electron chi connectivity index (χ4n) is 3.18. The molecule has 0 aliphatic heterocycles. The van der Waals surface area contributed by atoms with Crippen LogP contribution in [0.5, 0.6) is 11.5 Å². The minimum absolute atomic E-state index is 0.117. The molecule has 0 saturated heterocycles. The van der Waals surface area contributed by atoms with Crippen molar-refractivity contribution < 1.29 is 14.6 Å². The normalized spacial score (nSPS) is 12.1. The first kappa shape index (κ1) is 19.9. The molecule has 0 saturated carbocycles. The minimum Gasteiger partial charge on any atom is -0.497 e. The van der Waals surface area contributed by atoms with Gasteiger partial charge >= 0.3 is 0 Å². The molecule has 148 valence electrons. The van der Waals surface area contributed by atoms with E-state index in [1.165, 1.54) is 0 Å². The van der Waals surface area contributed by atoms with Gasteiger partial charge in [-0.2, -0.15) is 0 Å². The first-order valence-electron chi connectivity index (χ1n) is 9.25. The summed E-state index contributed by atoms with van der Waals surface area (Å²) in [6.45, 7) is 4.85. The molecule has 3 N–H and O–H groups in total. The van der Waals surface area contributed by atoms with Gasteiger partial charge in [0.2, 0.25) is 0 Å². The maximum atomic E-state index is 12.3. The fourth-order valence-corrected chi connectivity index (χ4v) is 3.18. The standard InChI is InChI=1S/C22H26N2O4/c1-14-7-15(2)21-16(8-14)9-17(22(26)24-21)11-23-12-18(25)13-28-20-6-4-5-19(10-20)27-3/h4-10,18,23,25H,11-13H2,1-3H3,(H,24,26). The Morgan fingerprint density at radius 2 is 1.93 bits per heavy atom. The zero-order valence-corrected chi connectivity index (χ0v) is 16.4. The number of nitrogens with one attached hydrogen (secondary N) is 2. The number of hydrogen-bond donors (Lipinski definition) is 3. The van der Waals surface area contributed by atoms with Crippen LogP contribution >= 0.6 is 0 Å². The molecule has 1 heterocycles. The zero-order valence-electron chi connectivity index (χ0n) is 16.4. The molecule has 3 aromatic rings. The van der Waals surface area contributed by atoms with E-state index < -0.39 is 6.10 Å². The number of fused-ring (bicyclic) bond motifs is 1. The summed E-state index contributed by atoms with van der Waals surface area (Å²) >= 11 is 0. The second-order valence-corrected chi connectivity index (χ2v) is 6.94. The monoisotopic (exact) mass is 382 g/mol. The van der Waals surface area contributed by atoms with Crippen LogP contribution in [0.15, 0.2) is 47.3 Å². The summed E-state index contributed by atoms with van der Waals surface area (Å²) in [5.41, 5.74) is 3.59. The largest absolute Gasteiger partial charge is 0.497 e. The number of rotatable bonds is 8. The maximum absolute atomic E-state index is 12.3. The SMILES string of the molecule is COc1cccc(OCC(O)CNCc2cc3cc(C)cc(C)c3[nH]c2=O)c1. The minimum atomic E-state index is -0.699. The van der Waals surface area contributed by atoms with E-state index in [9.17, 15) is 9.90 Å². The average Bonchev–Trinajstić information content (AvgIpc) is 2.67. The van der Waals surface area contributed by atoms with Crippen LogP contribution in [-0.4, -0.2) is 36.5 Å². The molecule has 0 amide bonds. The average molecular weight is 382 g/mol. The molecule has 1 aromatic heterocycles. The quantitative estimate of drug-likeness (QED) is 0.558. The summed E-state index contributed by atoms with van der Waals surface area (Å²) in [4.78, 5) is 15.3. The van der Waals surface area contributed by atoms with Gasteiger partial charge in [-0.15, -0.1) is 0 Å². The van der Waals surface area contributed by atoms with Gasteiger partial charge in [0.15, 0.2) is 0 Å². The summed E-state index contributed by atoms with van der Waals surface area (Å²) in [5, 5.41) is 14.3. The van der Waals surface area contributed by atoms with E-state index in [0.29, 0.717) is 30.2 Å². The van der Waals surface area contributed by atoms with Crippen LogP contribution in [0.4, 0.5) is 0 Å². The molecular formula is C22H26N2O4. The molecule has 1 atom stereocenters. The third kappa shape index (κ3) is 4.91. The lowest BCUT2D eigenvalue weighted by molar-refractivity contribution is 0.106. The van der Waals surface area contributed by atoms with Crippen molar-refractivity contribution in [2.24, 2.45) is 0 Å². The number of aromatic nitrogens is 1. The Labute approximate surface area is 164 Å². The number of aliphatic hydroxyl groups excluding tert-OH is 1. The van der Waals surface area contributed by atoms with Gasteiger partial charge in [-0.25, -0.2) is 0 Å². The lowest BCUT2D eigenvalue weighted by atomic mass is 10.1. The number of benzene rings is 2. The predicted octanol–water partition coefficient (Wildman–Crippen LogP) is 2.68. The van der Waals surface area contributed by atoms with Gasteiger partial charge < -0.3 is 24.9 Å². The molecule has 0 bridgehead atoms. The Kier molecular flexibility index (Phi) is 6.34. The predicted molar refractivity (Wildman–Crippen MR) is 110 cm³/mol. The zero-order chi connectivity index (χ0) is 20.1. The Morgan fingerprint density at radius 3 is 2.71 bits per heavy atom. The van der Waals surface area contributed by atoms with Crippen LogP contribution < -0.4 is 20.3 Å². The Hall–Kier alpha value is -2.83. The van der Waals surface area contributed by atoms with Crippen LogP contribution in [0.2, 0.25) is 0 Å². The molecular weight excluding hydrogens is 356 g/mol. The molecule has 6 heteroatoms. The Bertz CT molecular complexity index is 1010. The summed E-state index contributed by atoms with van der Waals surface area (Å²) in [5.74, 6) is 1.33. The highest BCUT2D eigenvalue weighted by Gasteiger charge is 2.09. The molecule has 0 aliphatic rings. The summed E-state index contributed by atoms with van der Waals surface area (Å²) in [7, 11) is 1.59. The fraction of sp³-hybridized carbons (Fsp3) is 0.318. The van der Waals surface area contributed by atoms with Crippen molar-refractivity contribution in [3.8, 4) is 11.5 Å². The van der Waals surface area contributed by atoms with E-state index in [0.717, 1.165) is 22.0 Å². The van der Waals surface area contributed by atoms with E-state index in [4.69, 9.17) is 9.47 Å². The van der Waals surface area contributed by atoms with Crippen LogP contribution in [-0.2, 0) is 6.54 Å². The van der Waals surface area contributed by atoms with Gasteiger partial charge in [0, 0.05) is 24.7 Å². The topological polar surface area (TPSA) is 83.6 Å². The van der Waals surface area contributed by atoms with Crippen molar-refractivity contribution in [1.29, 1.82) is 0 Å². The van der Waals surface area contributed by atoms with Gasteiger partial charge in [0.25, 0.3) is 5.56 Å². The molecule has 28 heavy (non-hydrogen) atoms. The van der Waals surface area contributed by atoms with Gasteiger partial charge in [0.05, 0.1) is 12.6 Å². The summed E-state index contributed by atoms with van der Waals surface area (Å²) in [6.07, 6.45) is -0.699. The van der Waals surface area contributed by atoms with Gasteiger partial charge in [0.1, 0.15) is 24.2 Å². The highest BCUT2D eigenvalue weighted by molar-refractivity contribution is 5.82. The van der Waals surface area contributed by atoms with Crippen molar-refractivity contribution in [1.82, 2.24) is 10.3 Å². The van der Waals surface area contributed by atoms with Gasteiger partial charge in [-0.1, -0.05) is 17.7 Å². The number of ether oxygens (including phenoxy) is 2.